The molecule has 7 heteroatoms. The van der Waals surface area contributed by atoms with Crippen LogP contribution in [0.15, 0.2) is 24.3 Å². The largest absolute Gasteiger partial charge is 0.478 e. The number of aromatic carboxylic acids is 1. The molecule has 1 aromatic carbocycles. The molecule has 18 heavy (non-hydrogen) atoms. The van der Waals surface area contributed by atoms with Crippen molar-refractivity contribution in [2.45, 2.75) is 6.92 Å². The molecule has 1 heterocycles. The second-order valence-electron chi connectivity index (χ2n) is 3.49. The quantitative estimate of drug-likeness (QED) is 0.880. The van der Waals surface area contributed by atoms with Crippen LogP contribution in [0, 0.1) is 6.92 Å². The number of aromatic nitrogens is 2. The molecule has 1 amide bonds. The Hall–Kier alpha value is -2.28. The topological polar surface area (TPSA) is 92.2 Å². The number of nitrogens with one attached hydrogen (secondary N) is 1. The normalized spacial score (nSPS) is 10.1. The Labute approximate surface area is 106 Å². The van der Waals surface area contributed by atoms with Gasteiger partial charge in [-0.1, -0.05) is 6.07 Å². The summed E-state index contributed by atoms with van der Waals surface area (Å²) in [5.41, 5.74) is 0.332. The lowest BCUT2D eigenvalue weighted by Crippen LogP contribution is -2.12. The highest BCUT2D eigenvalue weighted by Crippen LogP contribution is 2.13. The summed E-state index contributed by atoms with van der Waals surface area (Å²) in [6.45, 7) is 1.72. The molecule has 0 spiro atoms. The average Bonchev–Trinajstić information content (AvgIpc) is 2.75. The maximum atomic E-state index is 11.8. The van der Waals surface area contributed by atoms with Gasteiger partial charge in [0, 0.05) is 17.1 Å². The van der Waals surface area contributed by atoms with Gasteiger partial charge >= 0.3 is 5.97 Å². The standard InChI is InChI=1S/C11H9N3O3S/c1-6-12-11(18-14-6)13-9(15)7-3-2-4-8(5-7)10(16)17/h2-5H,1H3,(H,16,17)(H,12,13,14,15). The summed E-state index contributed by atoms with van der Waals surface area (Å²) in [7, 11) is 0. The number of hydrogen-bond acceptors (Lipinski definition) is 5. The van der Waals surface area contributed by atoms with Gasteiger partial charge in [-0.25, -0.2) is 9.78 Å². The number of carbonyl (C=O) groups is 2. The molecule has 2 N–H and O–H groups in total. The molecule has 2 aromatic rings. The number of anilines is 1. The molecule has 0 aliphatic heterocycles. The molecule has 2 rings (SSSR count). The van der Waals surface area contributed by atoms with Gasteiger partial charge in [0.15, 0.2) is 0 Å². The van der Waals surface area contributed by atoms with Crippen molar-refractivity contribution in [2.24, 2.45) is 0 Å². The molecule has 0 aliphatic carbocycles. The molecule has 0 atom stereocenters. The van der Waals surface area contributed by atoms with Crippen LogP contribution in [0.1, 0.15) is 26.5 Å². The first kappa shape index (κ1) is 12.2. The minimum absolute atomic E-state index is 0.0658. The molecule has 0 fully saturated rings. The zero-order valence-electron chi connectivity index (χ0n) is 9.38. The zero-order chi connectivity index (χ0) is 13.1. The third kappa shape index (κ3) is 2.69. The van der Waals surface area contributed by atoms with Crippen LogP contribution in [0.3, 0.4) is 0 Å². The summed E-state index contributed by atoms with van der Waals surface area (Å²) in [4.78, 5) is 26.6. The van der Waals surface area contributed by atoms with Crippen molar-refractivity contribution < 1.29 is 14.7 Å². The molecular weight excluding hydrogens is 254 g/mol. The van der Waals surface area contributed by atoms with Crippen LogP contribution in [-0.2, 0) is 0 Å². The van der Waals surface area contributed by atoms with Gasteiger partial charge in [0.25, 0.3) is 5.91 Å². The first-order valence-electron chi connectivity index (χ1n) is 5.01. The number of carbonyl (C=O) groups excluding carboxylic acids is 1. The monoisotopic (exact) mass is 263 g/mol. The Morgan fingerprint density at radius 1 is 1.33 bits per heavy atom. The molecule has 0 bridgehead atoms. The highest BCUT2D eigenvalue weighted by atomic mass is 32.1. The number of amides is 1. The highest BCUT2D eigenvalue weighted by molar-refractivity contribution is 7.09. The van der Waals surface area contributed by atoms with Crippen LogP contribution in [0.25, 0.3) is 0 Å². The average molecular weight is 263 g/mol. The molecule has 0 saturated heterocycles. The molecule has 0 aliphatic rings. The fourth-order valence-corrected chi connectivity index (χ4v) is 1.88. The van der Waals surface area contributed by atoms with Gasteiger partial charge in [0.05, 0.1) is 5.56 Å². The van der Waals surface area contributed by atoms with E-state index in [1.807, 2.05) is 0 Å². The van der Waals surface area contributed by atoms with E-state index in [2.05, 4.69) is 14.7 Å². The van der Waals surface area contributed by atoms with Crippen LogP contribution in [-0.4, -0.2) is 26.3 Å². The molecule has 0 saturated carbocycles. The maximum absolute atomic E-state index is 11.8. The summed E-state index contributed by atoms with van der Waals surface area (Å²) in [5.74, 6) is -0.903. The van der Waals surface area contributed by atoms with Crippen LogP contribution in [0.2, 0.25) is 0 Å². The van der Waals surface area contributed by atoms with Crippen LogP contribution < -0.4 is 5.32 Å². The number of rotatable bonds is 3. The zero-order valence-corrected chi connectivity index (χ0v) is 10.2. The summed E-state index contributed by atoms with van der Waals surface area (Å²) in [6, 6.07) is 5.79. The minimum Gasteiger partial charge on any atom is -0.478 e. The van der Waals surface area contributed by atoms with Crippen LogP contribution >= 0.6 is 11.5 Å². The molecule has 92 valence electrons. The lowest BCUT2D eigenvalue weighted by Gasteiger charge is -2.02. The van der Waals surface area contributed by atoms with Crippen molar-refractivity contribution in [2.75, 3.05) is 5.32 Å². The number of carboxylic acids is 1. The Kier molecular flexibility index (Phi) is 3.33. The van der Waals surface area contributed by atoms with Gasteiger partial charge in [-0.05, 0) is 25.1 Å². The number of benzene rings is 1. The Bertz CT molecular complexity index is 609. The van der Waals surface area contributed by atoms with Crippen molar-refractivity contribution in [3.8, 4) is 0 Å². The predicted molar refractivity (Wildman–Crippen MR) is 66.0 cm³/mol. The SMILES string of the molecule is Cc1nsc(NC(=O)c2cccc(C(=O)O)c2)n1. The van der Waals surface area contributed by atoms with Gasteiger partial charge in [-0.3, -0.25) is 10.1 Å². The molecule has 6 nitrogen and oxygen atoms in total. The third-order valence-electron chi connectivity index (χ3n) is 2.12. The van der Waals surface area contributed by atoms with E-state index in [1.54, 1.807) is 6.92 Å². The number of nitrogens with zero attached hydrogens (tertiary/aromatic N) is 2. The van der Waals surface area contributed by atoms with Gasteiger partial charge < -0.3 is 5.11 Å². The van der Waals surface area contributed by atoms with E-state index in [1.165, 1.54) is 24.3 Å². The Morgan fingerprint density at radius 2 is 2.06 bits per heavy atom. The Balaban J connectivity index is 2.18. The van der Waals surface area contributed by atoms with E-state index in [-0.39, 0.29) is 11.1 Å². The van der Waals surface area contributed by atoms with Crippen molar-refractivity contribution >= 4 is 28.5 Å². The number of aryl methyl sites for hydroxylation is 1. The molecule has 1 aromatic heterocycles. The number of carboxylic acid groups (broad SMARTS) is 1. The van der Waals surface area contributed by atoms with Crippen molar-refractivity contribution in [3.05, 3.63) is 41.2 Å². The maximum Gasteiger partial charge on any atom is 0.335 e. The fourth-order valence-electron chi connectivity index (χ4n) is 1.31. The van der Waals surface area contributed by atoms with Gasteiger partial charge in [0.2, 0.25) is 5.13 Å². The lowest BCUT2D eigenvalue weighted by atomic mass is 10.1. The van der Waals surface area contributed by atoms with E-state index >= 15 is 0 Å². The van der Waals surface area contributed by atoms with Gasteiger partial charge in [-0.2, -0.15) is 4.37 Å². The van der Waals surface area contributed by atoms with E-state index in [0.29, 0.717) is 11.0 Å². The fraction of sp³-hybridized carbons (Fsp3) is 0.0909. The summed E-state index contributed by atoms with van der Waals surface area (Å²) < 4.78 is 3.93. The second-order valence-corrected chi connectivity index (χ2v) is 4.24. The highest BCUT2D eigenvalue weighted by Gasteiger charge is 2.11. The van der Waals surface area contributed by atoms with Crippen molar-refractivity contribution in [3.63, 3.8) is 0 Å². The first-order valence-corrected chi connectivity index (χ1v) is 5.78. The van der Waals surface area contributed by atoms with E-state index in [0.717, 1.165) is 11.5 Å². The Morgan fingerprint density at radius 3 is 2.67 bits per heavy atom. The van der Waals surface area contributed by atoms with E-state index in [9.17, 15) is 9.59 Å². The van der Waals surface area contributed by atoms with E-state index in [4.69, 9.17) is 5.11 Å². The first-order chi connectivity index (χ1) is 8.56. The second kappa shape index (κ2) is 4.92. The van der Waals surface area contributed by atoms with Crippen LogP contribution in [0.5, 0.6) is 0 Å². The minimum atomic E-state index is -1.07. The van der Waals surface area contributed by atoms with Crippen LogP contribution in [0.4, 0.5) is 5.13 Å². The van der Waals surface area contributed by atoms with Crippen molar-refractivity contribution in [1.82, 2.24) is 9.36 Å². The number of hydrogen-bond donors (Lipinski definition) is 2. The molecule has 0 unspecified atom stereocenters. The third-order valence-corrected chi connectivity index (χ3v) is 2.84. The van der Waals surface area contributed by atoms with Crippen molar-refractivity contribution in [1.29, 1.82) is 0 Å². The summed E-state index contributed by atoms with van der Waals surface area (Å²) >= 11 is 1.07. The molecular formula is C11H9N3O3S. The van der Waals surface area contributed by atoms with Gasteiger partial charge in [-0.15, -0.1) is 0 Å². The van der Waals surface area contributed by atoms with Gasteiger partial charge in [0.1, 0.15) is 5.82 Å². The summed E-state index contributed by atoms with van der Waals surface area (Å²) in [5, 5.41) is 11.8. The summed E-state index contributed by atoms with van der Waals surface area (Å²) in [6.07, 6.45) is 0. The lowest BCUT2D eigenvalue weighted by molar-refractivity contribution is 0.0697. The predicted octanol–water partition coefficient (Wildman–Crippen LogP) is 1.80. The van der Waals surface area contributed by atoms with E-state index < -0.39 is 11.9 Å². The molecule has 0 radical (unpaired) electrons. The smallest absolute Gasteiger partial charge is 0.335 e.